The molecule has 0 radical (unpaired) electrons. The van der Waals surface area contributed by atoms with Gasteiger partial charge < -0.3 is 15.2 Å². The second-order valence-electron chi connectivity index (χ2n) is 3.03. The minimum Gasteiger partial charge on any atom is -0.338 e. The number of hydrogen-bond donors (Lipinski definition) is 2. The largest absolute Gasteiger partial charge is 0.338 e. The van der Waals surface area contributed by atoms with Crippen molar-refractivity contribution in [3.05, 3.63) is 12.2 Å². The van der Waals surface area contributed by atoms with Crippen molar-refractivity contribution in [1.82, 2.24) is 25.4 Å². The van der Waals surface area contributed by atoms with Crippen molar-refractivity contribution in [3.63, 3.8) is 0 Å². The zero-order chi connectivity index (χ0) is 10.6. The number of hydrogen-bond acceptors (Lipinski definition) is 3. The van der Waals surface area contributed by atoms with Crippen LogP contribution in [0.4, 0.5) is 4.79 Å². The molecule has 6 heteroatoms. The van der Waals surface area contributed by atoms with Gasteiger partial charge in [-0.15, -0.1) is 10.2 Å². The van der Waals surface area contributed by atoms with Crippen molar-refractivity contribution >= 4 is 6.03 Å². The first kappa shape index (κ1) is 10.5. The molecule has 6 nitrogen and oxygen atoms in total. The summed E-state index contributed by atoms with van der Waals surface area (Å²) in [5.74, 6) is 0.733. The van der Waals surface area contributed by atoms with Crippen LogP contribution in [0, 0.1) is 0 Å². The Labute approximate surface area is 82.7 Å². The number of amides is 2. The average Bonchev–Trinajstić information content (AvgIpc) is 2.51. The first-order valence-electron chi connectivity index (χ1n) is 4.53. The van der Waals surface area contributed by atoms with Gasteiger partial charge in [0.1, 0.15) is 6.33 Å². The SMILES string of the molecule is CCNC(=O)NC(C)c1nncn1C. The van der Waals surface area contributed by atoms with Crippen molar-refractivity contribution in [2.24, 2.45) is 7.05 Å². The molecule has 0 spiro atoms. The number of nitrogens with zero attached hydrogens (tertiary/aromatic N) is 3. The van der Waals surface area contributed by atoms with E-state index in [2.05, 4.69) is 20.8 Å². The molecule has 0 saturated carbocycles. The van der Waals surface area contributed by atoms with Crippen LogP contribution < -0.4 is 10.6 Å². The van der Waals surface area contributed by atoms with E-state index in [1.807, 2.05) is 20.9 Å². The Morgan fingerprint density at radius 3 is 2.93 bits per heavy atom. The predicted molar refractivity (Wildman–Crippen MR) is 51.6 cm³/mol. The Balaban J connectivity index is 2.54. The van der Waals surface area contributed by atoms with Crippen LogP contribution in [-0.2, 0) is 7.05 Å². The molecular weight excluding hydrogens is 182 g/mol. The maximum Gasteiger partial charge on any atom is 0.315 e. The number of urea groups is 1. The third-order valence-corrected chi connectivity index (χ3v) is 1.82. The second-order valence-corrected chi connectivity index (χ2v) is 3.03. The summed E-state index contributed by atoms with van der Waals surface area (Å²) in [5.41, 5.74) is 0. The highest BCUT2D eigenvalue weighted by Crippen LogP contribution is 2.05. The van der Waals surface area contributed by atoms with Gasteiger partial charge in [0, 0.05) is 13.6 Å². The van der Waals surface area contributed by atoms with Gasteiger partial charge in [-0.2, -0.15) is 0 Å². The van der Waals surface area contributed by atoms with Crippen molar-refractivity contribution in [3.8, 4) is 0 Å². The summed E-state index contributed by atoms with van der Waals surface area (Å²) in [6.07, 6.45) is 1.60. The molecule has 0 aliphatic heterocycles. The molecule has 0 aromatic carbocycles. The van der Waals surface area contributed by atoms with Crippen LogP contribution in [0.15, 0.2) is 6.33 Å². The van der Waals surface area contributed by atoms with E-state index >= 15 is 0 Å². The fraction of sp³-hybridized carbons (Fsp3) is 0.625. The quantitative estimate of drug-likeness (QED) is 0.726. The topological polar surface area (TPSA) is 71.8 Å². The molecule has 2 amide bonds. The van der Waals surface area contributed by atoms with E-state index in [9.17, 15) is 4.79 Å². The third kappa shape index (κ3) is 2.45. The van der Waals surface area contributed by atoms with Crippen molar-refractivity contribution < 1.29 is 4.79 Å². The van der Waals surface area contributed by atoms with Crippen LogP contribution in [0.25, 0.3) is 0 Å². The molecule has 1 rings (SSSR count). The van der Waals surface area contributed by atoms with Crippen LogP contribution in [0.3, 0.4) is 0 Å². The van der Waals surface area contributed by atoms with Crippen LogP contribution in [0.1, 0.15) is 25.7 Å². The van der Waals surface area contributed by atoms with E-state index in [1.54, 1.807) is 10.9 Å². The zero-order valence-corrected chi connectivity index (χ0v) is 8.61. The first-order valence-corrected chi connectivity index (χ1v) is 4.53. The Morgan fingerprint density at radius 1 is 1.71 bits per heavy atom. The number of aryl methyl sites for hydroxylation is 1. The van der Waals surface area contributed by atoms with E-state index in [-0.39, 0.29) is 12.1 Å². The highest BCUT2D eigenvalue weighted by molar-refractivity contribution is 5.74. The molecule has 0 fully saturated rings. The van der Waals surface area contributed by atoms with Crippen LogP contribution in [-0.4, -0.2) is 27.3 Å². The molecule has 0 bridgehead atoms. The van der Waals surface area contributed by atoms with E-state index < -0.39 is 0 Å². The van der Waals surface area contributed by atoms with Crippen LogP contribution in [0.2, 0.25) is 0 Å². The van der Waals surface area contributed by atoms with Gasteiger partial charge >= 0.3 is 6.03 Å². The van der Waals surface area contributed by atoms with E-state index in [0.29, 0.717) is 6.54 Å². The molecule has 0 aliphatic rings. The van der Waals surface area contributed by atoms with Gasteiger partial charge in [-0.25, -0.2) is 4.79 Å². The number of aromatic nitrogens is 3. The number of carbonyl (C=O) groups excluding carboxylic acids is 1. The molecular formula is C8H15N5O. The molecule has 0 saturated heterocycles. The number of carbonyl (C=O) groups is 1. The fourth-order valence-corrected chi connectivity index (χ4v) is 1.16. The molecule has 1 aromatic heterocycles. The van der Waals surface area contributed by atoms with Crippen LogP contribution in [0.5, 0.6) is 0 Å². The maximum absolute atomic E-state index is 11.2. The highest BCUT2D eigenvalue weighted by Gasteiger charge is 2.12. The van der Waals surface area contributed by atoms with Gasteiger partial charge in [-0.05, 0) is 13.8 Å². The predicted octanol–water partition coefficient (Wildman–Crippen LogP) is 0.195. The van der Waals surface area contributed by atoms with E-state index in [1.165, 1.54) is 0 Å². The highest BCUT2D eigenvalue weighted by atomic mass is 16.2. The summed E-state index contributed by atoms with van der Waals surface area (Å²) < 4.78 is 1.77. The minimum absolute atomic E-state index is 0.144. The normalized spacial score (nSPS) is 12.2. The number of rotatable bonds is 3. The van der Waals surface area contributed by atoms with Gasteiger partial charge in [0.25, 0.3) is 0 Å². The lowest BCUT2D eigenvalue weighted by atomic mass is 10.3. The summed E-state index contributed by atoms with van der Waals surface area (Å²) in [6, 6.07) is -0.336. The summed E-state index contributed by atoms with van der Waals surface area (Å²) >= 11 is 0. The second kappa shape index (κ2) is 4.59. The minimum atomic E-state index is -0.192. The molecule has 1 atom stereocenters. The Kier molecular flexibility index (Phi) is 3.44. The van der Waals surface area contributed by atoms with Crippen LogP contribution >= 0.6 is 0 Å². The molecule has 0 aliphatic carbocycles. The van der Waals surface area contributed by atoms with Crippen molar-refractivity contribution in [2.45, 2.75) is 19.9 Å². The Bertz CT molecular complexity index is 308. The van der Waals surface area contributed by atoms with Crippen molar-refractivity contribution in [2.75, 3.05) is 6.54 Å². The van der Waals surface area contributed by atoms with Crippen molar-refractivity contribution in [1.29, 1.82) is 0 Å². The molecule has 2 N–H and O–H groups in total. The summed E-state index contributed by atoms with van der Waals surface area (Å²) in [4.78, 5) is 11.2. The third-order valence-electron chi connectivity index (χ3n) is 1.82. The lowest BCUT2D eigenvalue weighted by molar-refractivity contribution is 0.238. The average molecular weight is 197 g/mol. The molecule has 1 unspecified atom stereocenters. The monoisotopic (exact) mass is 197 g/mol. The van der Waals surface area contributed by atoms with Gasteiger partial charge in [-0.1, -0.05) is 0 Å². The fourth-order valence-electron chi connectivity index (χ4n) is 1.16. The Morgan fingerprint density at radius 2 is 2.43 bits per heavy atom. The summed E-state index contributed by atoms with van der Waals surface area (Å²) in [7, 11) is 1.84. The zero-order valence-electron chi connectivity index (χ0n) is 8.61. The molecule has 1 heterocycles. The molecule has 1 aromatic rings. The Hall–Kier alpha value is -1.59. The lowest BCUT2D eigenvalue weighted by Gasteiger charge is -2.12. The van der Waals surface area contributed by atoms with E-state index in [4.69, 9.17) is 0 Å². The van der Waals surface area contributed by atoms with Gasteiger partial charge in [0.2, 0.25) is 0 Å². The molecule has 14 heavy (non-hydrogen) atoms. The first-order chi connectivity index (χ1) is 6.65. The maximum atomic E-state index is 11.2. The van der Waals surface area contributed by atoms with Gasteiger partial charge in [0.15, 0.2) is 5.82 Å². The van der Waals surface area contributed by atoms with E-state index in [0.717, 1.165) is 5.82 Å². The summed E-state index contributed by atoms with van der Waals surface area (Å²) in [5, 5.41) is 13.0. The summed E-state index contributed by atoms with van der Waals surface area (Å²) in [6.45, 7) is 4.34. The standard InChI is InChI=1S/C8H15N5O/c1-4-9-8(14)11-6(2)7-12-10-5-13(7)3/h5-6H,4H2,1-3H3,(H2,9,11,14). The van der Waals surface area contributed by atoms with Gasteiger partial charge in [-0.3, -0.25) is 0 Å². The smallest absolute Gasteiger partial charge is 0.315 e. The lowest BCUT2D eigenvalue weighted by Crippen LogP contribution is -2.37. The number of nitrogens with one attached hydrogen (secondary N) is 2. The van der Waals surface area contributed by atoms with Gasteiger partial charge in [0.05, 0.1) is 6.04 Å². The molecule has 78 valence electrons.